The van der Waals surface area contributed by atoms with Crippen molar-refractivity contribution in [2.45, 2.75) is 13.0 Å². The first-order valence-corrected chi connectivity index (χ1v) is 5.05. The first kappa shape index (κ1) is 14.4. The predicted molar refractivity (Wildman–Crippen MR) is 62.3 cm³/mol. The Labute approximate surface area is 106 Å². The third-order valence-electron chi connectivity index (χ3n) is 2.13. The van der Waals surface area contributed by atoms with Crippen molar-refractivity contribution in [2.75, 3.05) is 5.32 Å². The average Bonchev–Trinajstić information content (AvgIpc) is 2.31. The van der Waals surface area contributed by atoms with Gasteiger partial charge in [0.2, 0.25) is 0 Å². The smallest absolute Gasteiger partial charge is 0.325 e. The van der Waals surface area contributed by atoms with Gasteiger partial charge in [0.25, 0.3) is 5.69 Å². The summed E-state index contributed by atoms with van der Waals surface area (Å²) >= 11 is 0. The molecule has 0 heterocycles. The molecule has 8 nitrogen and oxygen atoms in total. The van der Waals surface area contributed by atoms with Crippen LogP contribution in [0.2, 0.25) is 0 Å². The lowest BCUT2D eigenvalue weighted by Gasteiger charge is -2.11. The van der Waals surface area contributed by atoms with Crippen LogP contribution >= 0.6 is 0 Å². The number of non-ortho nitro benzene ring substituents is 1. The van der Waals surface area contributed by atoms with E-state index < -0.39 is 34.5 Å². The van der Waals surface area contributed by atoms with Gasteiger partial charge in [0.15, 0.2) is 5.82 Å². The Hall–Kier alpha value is -2.71. The number of nitrogens with zero attached hydrogens (tertiary/aromatic N) is 1. The van der Waals surface area contributed by atoms with Gasteiger partial charge >= 0.3 is 12.0 Å². The van der Waals surface area contributed by atoms with Crippen LogP contribution in [0.15, 0.2) is 18.2 Å². The Bertz CT molecular complexity index is 534. The number of rotatable bonds is 4. The number of halogens is 1. The van der Waals surface area contributed by atoms with Gasteiger partial charge < -0.3 is 15.7 Å². The van der Waals surface area contributed by atoms with Crippen molar-refractivity contribution in [1.82, 2.24) is 5.32 Å². The molecular weight excluding hydrogens is 261 g/mol. The number of carboxylic acids is 1. The maximum Gasteiger partial charge on any atom is 0.325 e. The molecule has 1 rings (SSSR count). The van der Waals surface area contributed by atoms with Crippen molar-refractivity contribution in [3.8, 4) is 0 Å². The van der Waals surface area contributed by atoms with E-state index in [0.29, 0.717) is 6.07 Å². The molecule has 0 aliphatic rings. The van der Waals surface area contributed by atoms with Crippen molar-refractivity contribution in [2.24, 2.45) is 0 Å². The number of nitro benzene ring substituents is 1. The summed E-state index contributed by atoms with van der Waals surface area (Å²) in [4.78, 5) is 31.4. The van der Waals surface area contributed by atoms with E-state index in [2.05, 4.69) is 5.32 Å². The fourth-order valence-corrected chi connectivity index (χ4v) is 1.14. The molecule has 102 valence electrons. The molecule has 0 fully saturated rings. The molecule has 1 aromatic carbocycles. The minimum atomic E-state index is -1.25. The molecule has 0 radical (unpaired) electrons. The molecule has 0 aromatic heterocycles. The third kappa shape index (κ3) is 3.91. The second-order valence-corrected chi connectivity index (χ2v) is 3.58. The van der Waals surface area contributed by atoms with Crippen LogP contribution < -0.4 is 10.6 Å². The zero-order valence-electron chi connectivity index (χ0n) is 9.71. The van der Waals surface area contributed by atoms with E-state index >= 15 is 0 Å². The molecule has 0 spiro atoms. The van der Waals surface area contributed by atoms with Gasteiger partial charge in [-0.3, -0.25) is 14.9 Å². The molecule has 0 saturated carbocycles. The first-order chi connectivity index (χ1) is 8.81. The van der Waals surface area contributed by atoms with E-state index in [1.165, 1.54) is 6.92 Å². The van der Waals surface area contributed by atoms with Gasteiger partial charge in [-0.15, -0.1) is 0 Å². The Morgan fingerprint density at radius 3 is 2.58 bits per heavy atom. The number of carbonyl (C=O) groups excluding carboxylic acids is 1. The fourth-order valence-electron chi connectivity index (χ4n) is 1.14. The van der Waals surface area contributed by atoms with Crippen molar-refractivity contribution >= 4 is 23.4 Å². The maximum absolute atomic E-state index is 13.4. The molecule has 0 bridgehead atoms. The summed E-state index contributed by atoms with van der Waals surface area (Å²) in [7, 11) is 0. The van der Waals surface area contributed by atoms with Gasteiger partial charge in [-0.1, -0.05) is 0 Å². The van der Waals surface area contributed by atoms with Crippen LogP contribution in [0.4, 0.5) is 20.6 Å². The summed E-state index contributed by atoms with van der Waals surface area (Å²) in [5, 5.41) is 23.0. The molecule has 9 heteroatoms. The SMILES string of the molecule is C[C@H](NC(=O)Nc1ccc([N+](=O)[O-])cc1F)C(=O)O. The highest BCUT2D eigenvalue weighted by Crippen LogP contribution is 2.20. The van der Waals surface area contributed by atoms with Crippen LogP contribution in [0.25, 0.3) is 0 Å². The molecule has 19 heavy (non-hydrogen) atoms. The van der Waals surface area contributed by atoms with Crippen molar-refractivity contribution < 1.29 is 24.0 Å². The Morgan fingerprint density at radius 1 is 1.47 bits per heavy atom. The normalized spacial score (nSPS) is 11.5. The molecule has 0 unspecified atom stereocenters. The molecule has 1 aromatic rings. The molecular formula is C10H10FN3O5. The summed E-state index contributed by atoms with van der Waals surface area (Å²) in [6.07, 6.45) is 0. The van der Waals surface area contributed by atoms with Crippen LogP contribution in [-0.4, -0.2) is 28.1 Å². The molecule has 1 atom stereocenters. The fraction of sp³-hybridized carbons (Fsp3) is 0.200. The predicted octanol–water partition coefficient (Wildman–Crippen LogP) is 1.33. The van der Waals surface area contributed by atoms with Crippen LogP contribution in [0.1, 0.15) is 6.92 Å². The minimum Gasteiger partial charge on any atom is -0.480 e. The second-order valence-electron chi connectivity index (χ2n) is 3.58. The number of anilines is 1. The molecule has 2 amide bonds. The van der Waals surface area contributed by atoms with Crippen LogP contribution in [0.5, 0.6) is 0 Å². The quantitative estimate of drug-likeness (QED) is 0.563. The van der Waals surface area contributed by atoms with Gasteiger partial charge in [-0.2, -0.15) is 0 Å². The van der Waals surface area contributed by atoms with Crippen LogP contribution in [0.3, 0.4) is 0 Å². The third-order valence-corrected chi connectivity index (χ3v) is 2.13. The standard InChI is InChI=1S/C10H10FN3O5/c1-5(9(15)16)12-10(17)13-8-3-2-6(14(18)19)4-7(8)11/h2-5H,1H3,(H,15,16)(H2,12,13,17)/t5-/m0/s1. The van der Waals surface area contributed by atoms with Crippen molar-refractivity contribution in [3.05, 3.63) is 34.1 Å². The minimum absolute atomic E-state index is 0.291. The summed E-state index contributed by atoms with van der Waals surface area (Å²) < 4.78 is 13.4. The topological polar surface area (TPSA) is 122 Å². The van der Waals surface area contributed by atoms with E-state index in [9.17, 15) is 24.1 Å². The number of carboxylic acid groups (broad SMARTS) is 1. The zero-order valence-corrected chi connectivity index (χ0v) is 9.71. The van der Waals surface area contributed by atoms with Crippen LogP contribution in [0, 0.1) is 15.9 Å². The number of carbonyl (C=O) groups is 2. The van der Waals surface area contributed by atoms with Gasteiger partial charge in [-0.25, -0.2) is 9.18 Å². The van der Waals surface area contributed by atoms with Crippen LogP contribution in [-0.2, 0) is 4.79 Å². The number of nitrogens with one attached hydrogen (secondary N) is 2. The summed E-state index contributed by atoms with van der Waals surface area (Å²) in [5.41, 5.74) is -0.747. The second kappa shape index (κ2) is 5.76. The van der Waals surface area contributed by atoms with Crippen molar-refractivity contribution in [1.29, 1.82) is 0 Å². The highest BCUT2D eigenvalue weighted by Gasteiger charge is 2.16. The summed E-state index contributed by atoms with van der Waals surface area (Å²) in [6.45, 7) is 1.23. The van der Waals surface area contributed by atoms with Gasteiger partial charge in [0, 0.05) is 6.07 Å². The Kier molecular flexibility index (Phi) is 4.35. The maximum atomic E-state index is 13.4. The number of urea groups is 1. The highest BCUT2D eigenvalue weighted by molar-refractivity contribution is 5.92. The molecule has 0 aliphatic heterocycles. The van der Waals surface area contributed by atoms with E-state index in [1.807, 2.05) is 5.32 Å². The van der Waals surface area contributed by atoms with E-state index in [0.717, 1.165) is 12.1 Å². The van der Waals surface area contributed by atoms with E-state index in [-0.39, 0.29) is 5.69 Å². The summed E-state index contributed by atoms with van der Waals surface area (Å²) in [6, 6.07) is 0.595. The highest BCUT2D eigenvalue weighted by atomic mass is 19.1. The van der Waals surface area contributed by atoms with E-state index in [4.69, 9.17) is 5.11 Å². The molecule has 3 N–H and O–H groups in total. The number of hydrogen-bond acceptors (Lipinski definition) is 4. The van der Waals surface area contributed by atoms with Gasteiger partial charge in [0.1, 0.15) is 6.04 Å². The Balaban J connectivity index is 2.75. The lowest BCUT2D eigenvalue weighted by atomic mass is 10.2. The summed E-state index contributed by atoms with van der Waals surface area (Å²) in [5.74, 6) is -2.24. The monoisotopic (exact) mass is 271 g/mol. The number of amides is 2. The van der Waals surface area contributed by atoms with Gasteiger partial charge in [0.05, 0.1) is 16.7 Å². The molecule has 0 aliphatic carbocycles. The number of hydrogen-bond donors (Lipinski definition) is 3. The lowest BCUT2D eigenvalue weighted by molar-refractivity contribution is -0.385. The lowest BCUT2D eigenvalue weighted by Crippen LogP contribution is -2.41. The largest absolute Gasteiger partial charge is 0.480 e. The zero-order chi connectivity index (χ0) is 14.6. The number of nitro groups is 1. The Morgan fingerprint density at radius 2 is 2.11 bits per heavy atom. The molecule has 0 saturated heterocycles. The first-order valence-electron chi connectivity index (χ1n) is 5.05. The van der Waals surface area contributed by atoms with E-state index in [1.54, 1.807) is 0 Å². The number of benzene rings is 1. The van der Waals surface area contributed by atoms with Crippen molar-refractivity contribution in [3.63, 3.8) is 0 Å². The average molecular weight is 271 g/mol. The van der Waals surface area contributed by atoms with Gasteiger partial charge in [-0.05, 0) is 13.0 Å². The number of aliphatic carboxylic acids is 1.